The summed E-state index contributed by atoms with van der Waals surface area (Å²) >= 11 is 3.36. The predicted molar refractivity (Wildman–Crippen MR) is 81.2 cm³/mol. The Kier molecular flexibility index (Phi) is 4.16. The number of hydrogen-bond acceptors (Lipinski definition) is 3. The van der Waals surface area contributed by atoms with Crippen LogP contribution >= 0.6 is 15.9 Å². The van der Waals surface area contributed by atoms with Gasteiger partial charge in [0.25, 0.3) is 5.91 Å². The molecule has 2 rings (SSSR count). The van der Waals surface area contributed by atoms with Crippen molar-refractivity contribution in [2.45, 2.75) is 24.8 Å². The molecule has 0 heterocycles. The second kappa shape index (κ2) is 5.51. The number of nitrogens with two attached hydrogens (primary N) is 1. The fourth-order valence-electron chi connectivity index (χ4n) is 2.43. The maximum Gasteiger partial charge on any atom is 0.252 e. The molecule has 0 atom stereocenters. The maximum atomic E-state index is 12.2. The summed E-state index contributed by atoms with van der Waals surface area (Å²) in [5.74, 6) is -0.0766. The van der Waals surface area contributed by atoms with Gasteiger partial charge in [0.05, 0.1) is 10.0 Å². The van der Waals surface area contributed by atoms with Gasteiger partial charge >= 0.3 is 0 Å². The molecule has 0 spiro atoms. The van der Waals surface area contributed by atoms with E-state index in [2.05, 4.69) is 40.2 Å². The second-order valence-electron chi connectivity index (χ2n) is 5.36. The summed E-state index contributed by atoms with van der Waals surface area (Å²) in [4.78, 5) is 14.4. The highest BCUT2D eigenvalue weighted by molar-refractivity contribution is 9.10. The van der Waals surface area contributed by atoms with Gasteiger partial charge in [0.2, 0.25) is 0 Å². The zero-order valence-electron chi connectivity index (χ0n) is 11.4. The van der Waals surface area contributed by atoms with Crippen LogP contribution in [0.5, 0.6) is 0 Å². The van der Waals surface area contributed by atoms with Crippen LogP contribution in [0.1, 0.15) is 29.6 Å². The van der Waals surface area contributed by atoms with Gasteiger partial charge < -0.3 is 16.0 Å². The molecule has 0 radical (unpaired) electrons. The molecule has 3 N–H and O–H groups in total. The quantitative estimate of drug-likeness (QED) is 0.835. The Labute approximate surface area is 122 Å². The van der Waals surface area contributed by atoms with Crippen LogP contribution in [0.3, 0.4) is 0 Å². The van der Waals surface area contributed by atoms with E-state index in [1.807, 2.05) is 0 Å². The van der Waals surface area contributed by atoms with Gasteiger partial charge in [0.1, 0.15) is 0 Å². The van der Waals surface area contributed by atoms with Crippen molar-refractivity contribution in [2.75, 3.05) is 26.4 Å². The lowest BCUT2D eigenvalue weighted by molar-refractivity contribution is 0.0557. The molecule has 1 aliphatic rings. The van der Waals surface area contributed by atoms with Crippen LogP contribution in [-0.4, -0.2) is 37.0 Å². The van der Waals surface area contributed by atoms with Crippen LogP contribution in [0.15, 0.2) is 22.7 Å². The lowest BCUT2D eigenvalue weighted by Gasteiger charge is -2.47. The first-order valence-corrected chi connectivity index (χ1v) is 7.25. The first-order valence-electron chi connectivity index (χ1n) is 6.46. The molecule has 19 heavy (non-hydrogen) atoms. The number of carbonyl (C=O) groups is 1. The summed E-state index contributed by atoms with van der Waals surface area (Å²) in [6.07, 6.45) is 3.51. The lowest BCUT2D eigenvalue weighted by Crippen LogP contribution is -2.57. The molecule has 1 amide bonds. The molecule has 4 nitrogen and oxygen atoms in total. The number of benzene rings is 1. The number of nitrogens with one attached hydrogen (secondary N) is 1. The highest BCUT2D eigenvalue weighted by Gasteiger charge is 2.39. The minimum Gasteiger partial charge on any atom is -0.398 e. The van der Waals surface area contributed by atoms with Crippen LogP contribution in [0.4, 0.5) is 5.69 Å². The minimum atomic E-state index is -0.0766. The van der Waals surface area contributed by atoms with Crippen LogP contribution in [0.25, 0.3) is 0 Å². The van der Waals surface area contributed by atoms with Gasteiger partial charge in [0, 0.05) is 17.8 Å². The molecule has 0 bridgehead atoms. The Morgan fingerprint density at radius 1 is 1.47 bits per heavy atom. The highest BCUT2D eigenvalue weighted by Crippen LogP contribution is 2.35. The van der Waals surface area contributed by atoms with Crippen molar-refractivity contribution in [2.24, 2.45) is 0 Å². The molecule has 1 saturated carbocycles. The first kappa shape index (κ1) is 14.3. The number of hydrogen-bond donors (Lipinski definition) is 2. The average molecular weight is 326 g/mol. The molecule has 1 aliphatic carbocycles. The summed E-state index contributed by atoms with van der Waals surface area (Å²) in [6.45, 7) is 0.681. The molecule has 0 unspecified atom stereocenters. The van der Waals surface area contributed by atoms with Gasteiger partial charge in [-0.25, -0.2) is 0 Å². The van der Waals surface area contributed by atoms with Gasteiger partial charge in [-0.05, 0) is 61.4 Å². The number of nitrogen functional groups attached to an aromatic ring is 1. The molecular formula is C14H20BrN3O. The Morgan fingerprint density at radius 2 is 2.16 bits per heavy atom. The number of rotatable bonds is 4. The van der Waals surface area contributed by atoms with Crippen LogP contribution in [0, 0.1) is 0 Å². The van der Waals surface area contributed by atoms with E-state index < -0.39 is 0 Å². The summed E-state index contributed by atoms with van der Waals surface area (Å²) in [5, 5.41) is 3.02. The van der Waals surface area contributed by atoms with E-state index in [4.69, 9.17) is 5.73 Å². The number of nitrogens with zero attached hydrogens (tertiary/aromatic N) is 1. The van der Waals surface area contributed by atoms with E-state index in [9.17, 15) is 4.79 Å². The largest absolute Gasteiger partial charge is 0.398 e. The van der Waals surface area contributed by atoms with Gasteiger partial charge in [-0.15, -0.1) is 0 Å². The minimum absolute atomic E-state index is 0.0766. The number of anilines is 1. The number of halogens is 1. The summed E-state index contributed by atoms with van der Waals surface area (Å²) < 4.78 is 0.667. The van der Waals surface area contributed by atoms with E-state index in [0.29, 0.717) is 22.3 Å². The van der Waals surface area contributed by atoms with E-state index in [1.165, 1.54) is 6.42 Å². The van der Waals surface area contributed by atoms with Crippen molar-refractivity contribution in [1.82, 2.24) is 10.2 Å². The van der Waals surface area contributed by atoms with Crippen molar-refractivity contribution < 1.29 is 4.79 Å². The van der Waals surface area contributed by atoms with Crippen molar-refractivity contribution in [1.29, 1.82) is 0 Å². The molecular weight excluding hydrogens is 306 g/mol. The Balaban J connectivity index is 2.04. The van der Waals surface area contributed by atoms with E-state index in [-0.39, 0.29) is 11.4 Å². The Hall–Kier alpha value is -1.07. The maximum absolute atomic E-state index is 12.2. The van der Waals surface area contributed by atoms with Crippen molar-refractivity contribution in [3.05, 3.63) is 28.2 Å². The van der Waals surface area contributed by atoms with Crippen molar-refractivity contribution in [3.8, 4) is 0 Å². The standard InChI is InChI=1S/C14H20BrN3O/c1-18(2)14(7-4-8-14)9-17-13(19)10-5-3-6-11(16)12(10)15/h3,5-6H,4,7-9,16H2,1-2H3,(H,17,19). The lowest BCUT2D eigenvalue weighted by atomic mass is 9.75. The zero-order chi connectivity index (χ0) is 14.0. The van der Waals surface area contributed by atoms with E-state index in [0.717, 1.165) is 12.8 Å². The third kappa shape index (κ3) is 2.77. The van der Waals surface area contributed by atoms with Gasteiger partial charge in [-0.1, -0.05) is 6.07 Å². The van der Waals surface area contributed by atoms with E-state index in [1.54, 1.807) is 18.2 Å². The normalized spacial score (nSPS) is 17.1. The van der Waals surface area contributed by atoms with Gasteiger partial charge in [-0.2, -0.15) is 0 Å². The molecule has 5 heteroatoms. The Morgan fingerprint density at radius 3 is 2.68 bits per heavy atom. The topological polar surface area (TPSA) is 58.4 Å². The fraction of sp³-hybridized carbons (Fsp3) is 0.500. The fourth-order valence-corrected chi connectivity index (χ4v) is 2.88. The molecule has 1 fully saturated rings. The zero-order valence-corrected chi connectivity index (χ0v) is 13.0. The molecule has 1 aromatic carbocycles. The SMILES string of the molecule is CN(C)C1(CNC(=O)c2cccc(N)c2Br)CCC1. The summed E-state index contributed by atoms with van der Waals surface area (Å²) in [5.41, 5.74) is 7.09. The molecule has 0 saturated heterocycles. The van der Waals surface area contributed by atoms with Crippen LogP contribution < -0.4 is 11.1 Å². The molecule has 104 valence electrons. The van der Waals surface area contributed by atoms with E-state index >= 15 is 0 Å². The van der Waals surface area contributed by atoms with Gasteiger partial charge in [0.15, 0.2) is 0 Å². The first-order chi connectivity index (χ1) is 8.96. The van der Waals surface area contributed by atoms with Crippen molar-refractivity contribution >= 4 is 27.5 Å². The number of likely N-dealkylation sites (N-methyl/N-ethyl adjacent to an activating group) is 1. The third-order valence-corrected chi connectivity index (χ3v) is 4.97. The monoisotopic (exact) mass is 325 g/mol. The van der Waals surface area contributed by atoms with Crippen molar-refractivity contribution in [3.63, 3.8) is 0 Å². The third-order valence-electron chi connectivity index (χ3n) is 4.08. The highest BCUT2D eigenvalue weighted by atomic mass is 79.9. The number of carbonyl (C=O) groups excluding carboxylic acids is 1. The average Bonchev–Trinajstić information content (AvgIpc) is 2.30. The Bertz CT molecular complexity index is 484. The molecule has 0 aliphatic heterocycles. The second-order valence-corrected chi connectivity index (χ2v) is 6.16. The predicted octanol–water partition coefficient (Wildman–Crippen LogP) is 2.25. The van der Waals surface area contributed by atoms with Gasteiger partial charge in [-0.3, -0.25) is 4.79 Å². The molecule has 0 aromatic heterocycles. The number of amides is 1. The summed E-state index contributed by atoms with van der Waals surface area (Å²) in [7, 11) is 4.14. The smallest absolute Gasteiger partial charge is 0.252 e. The van der Waals surface area contributed by atoms with Crippen LogP contribution in [-0.2, 0) is 0 Å². The molecule has 1 aromatic rings. The summed E-state index contributed by atoms with van der Waals surface area (Å²) in [6, 6.07) is 5.34. The van der Waals surface area contributed by atoms with Crippen LogP contribution in [0.2, 0.25) is 0 Å².